The summed E-state index contributed by atoms with van der Waals surface area (Å²) in [5.74, 6) is 2.47. The zero-order valence-electron chi connectivity index (χ0n) is 14.5. The van der Waals surface area contributed by atoms with Gasteiger partial charge in [-0.15, -0.1) is 10.2 Å². The summed E-state index contributed by atoms with van der Waals surface area (Å²) in [5, 5.41) is 8.91. The van der Waals surface area contributed by atoms with Crippen molar-refractivity contribution in [3.05, 3.63) is 60.5 Å². The molecule has 0 aromatic carbocycles. The Morgan fingerprint density at radius 3 is 2.92 bits per heavy atom. The summed E-state index contributed by atoms with van der Waals surface area (Å²) in [6.45, 7) is 3.73. The molecule has 3 aromatic heterocycles. The second-order valence-electron chi connectivity index (χ2n) is 6.66. The van der Waals surface area contributed by atoms with Crippen LogP contribution in [-0.2, 0) is 20.1 Å². The molecule has 1 atom stereocenters. The van der Waals surface area contributed by atoms with Gasteiger partial charge in [0.05, 0.1) is 18.6 Å². The zero-order chi connectivity index (χ0) is 17.1. The Morgan fingerprint density at radius 2 is 2.12 bits per heavy atom. The van der Waals surface area contributed by atoms with E-state index >= 15 is 0 Å². The fourth-order valence-electron chi connectivity index (χ4n) is 3.54. The van der Waals surface area contributed by atoms with Crippen LogP contribution in [0.3, 0.4) is 0 Å². The van der Waals surface area contributed by atoms with Crippen LogP contribution in [0.2, 0.25) is 0 Å². The summed E-state index contributed by atoms with van der Waals surface area (Å²) in [6.07, 6.45) is 9.75. The van der Waals surface area contributed by atoms with E-state index in [9.17, 15) is 0 Å². The minimum atomic E-state index is 0.423. The van der Waals surface area contributed by atoms with Crippen LogP contribution in [0.1, 0.15) is 36.1 Å². The van der Waals surface area contributed by atoms with Gasteiger partial charge in [-0.3, -0.25) is 9.88 Å². The maximum atomic E-state index is 4.50. The van der Waals surface area contributed by atoms with Crippen LogP contribution in [0.15, 0.2) is 43.1 Å². The molecule has 0 spiro atoms. The number of hydrogen-bond donors (Lipinski definition) is 0. The molecule has 0 aliphatic carbocycles. The van der Waals surface area contributed by atoms with Gasteiger partial charge >= 0.3 is 0 Å². The third kappa shape index (κ3) is 3.61. The molecule has 7 nitrogen and oxygen atoms in total. The third-order valence-corrected chi connectivity index (χ3v) is 4.86. The van der Waals surface area contributed by atoms with Crippen molar-refractivity contribution in [3.8, 4) is 0 Å². The molecule has 1 aliphatic heterocycles. The smallest absolute Gasteiger partial charge is 0.152 e. The maximum Gasteiger partial charge on any atom is 0.152 e. The Hall–Kier alpha value is -2.54. The van der Waals surface area contributed by atoms with Crippen LogP contribution < -0.4 is 0 Å². The summed E-state index contributed by atoms with van der Waals surface area (Å²) >= 11 is 0. The van der Waals surface area contributed by atoms with E-state index < -0.39 is 0 Å². The van der Waals surface area contributed by atoms with Gasteiger partial charge in [-0.2, -0.15) is 0 Å². The fraction of sp³-hybridized carbons (Fsp3) is 0.444. The molecular formula is C18H23N7. The van der Waals surface area contributed by atoms with Crippen molar-refractivity contribution < 1.29 is 0 Å². The summed E-state index contributed by atoms with van der Waals surface area (Å²) in [5.41, 5.74) is 1.13. The average Bonchev–Trinajstić information content (AvgIpc) is 3.27. The summed E-state index contributed by atoms with van der Waals surface area (Å²) < 4.78 is 4.16. The second-order valence-corrected chi connectivity index (χ2v) is 6.66. The van der Waals surface area contributed by atoms with Gasteiger partial charge in [0, 0.05) is 44.6 Å². The van der Waals surface area contributed by atoms with E-state index in [4.69, 9.17) is 0 Å². The molecule has 0 radical (unpaired) electrons. The molecule has 4 rings (SSSR count). The Balaban J connectivity index is 1.45. The van der Waals surface area contributed by atoms with E-state index in [0.29, 0.717) is 12.5 Å². The first kappa shape index (κ1) is 16.0. The highest BCUT2D eigenvalue weighted by atomic mass is 15.3. The number of nitrogens with zero attached hydrogens (tertiary/aromatic N) is 7. The molecule has 0 amide bonds. The lowest BCUT2D eigenvalue weighted by Crippen LogP contribution is -2.35. The van der Waals surface area contributed by atoms with Gasteiger partial charge in [0.25, 0.3) is 0 Å². The van der Waals surface area contributed by atoms with Gasteiger partial charge in [-0.25, -0.2) is 4.98 Å². The first-order valence-corrected chi connectivity index (χ1v) is 8.76. The predicted octanol–water partition coefficient (Wildman–Crippen LogP) is 1.83. The summed E-state index contributed by atoms with van der Waals surface area (Å²) in [6, 6.07) is 6.10. The van der Waals surface area contributed by atoms with Crippen LogP contribution in [0.25, 0.3) is 0 Å². The van der Waals surface area contributed by atoms with Crippen molar-refractivity contribution in [2.24, 2.45) is 7.05 Å². The van der Waals surface area contributed by atoms with Crippen LogP contribution in [0, 0.1) is 0 Å². The SMILES string of the molecule is Cn1c(Cn2ccnc2)nnc1[C@@H]1CCCN(Cc2ccccn2)C1. The number of imidazole rings is 1. The second kappa shape index (κ2) is 7.14. The van der Waals surface area contributed by atoms with E-state index in [1.807, 2.05) is 29.4 Å². The summed E-state index contributed by atoms with van der Waals surface area (Å²) in [4.78, 5) is 11.0. The first-order valence-electron chi connectivity index (χ1n) is 8.76. The van der Waals surface area contributed by atoms with Crippen LogP contribution >= 0.6 is 0 Å². The molecule has 1 saturated heterocycles. The van der Waals surface area contributed by atoms with Crippen LogP contribution in [0.4, 0.5) is 0 Å². The van der Waals surface area contributed by atoms with Gasteiger partial charge in [0.15, 0.2) is 5.82 Å². The average molecular weight is 337 g/mol. The number of piperidine rings is 1. The van der Waals surface area contributed by atoms with Gasteiger partial charge in [-0.05, 0) is 31.5 Å². The molecular weight excluding hydrogens is 314 g/mol. The van der Waals surface area contributed by atoms with Gasteiger partial charge in [0.2, 0.25) is 0 Å². The van der Waals surface area contributed by atoms with E-state index in [1.165, 1.54) is 6.42 Å². The van der Waals surface area contributed by atoms with Crippen LogP contribution in [-0.4, -0.2) is 47.3 Å². The quantitative estimate of drug-likeness (QED) is 0.711. The monoisotopic (exact) mass is 337 g/mol. The lowest BCUT2D eigenvalue weighted by molar-refractivity contribution is 0.193. The molecule has 4 heterocycles. The Labute approximate surface area is 147 Å². The molecule has 1 aliphatic rings. The molecule has 25 heavy (non-hydrogen) atoms. The minimum Gasteiger partial charge on any atom is -0.330 e. The standard InChI is InChI=1S/C18H23N7/c1-23-17(13-25-10-8-19-14-25)21-22-18(23)15-5-4-9-24(11-15)12-16-6-2-3-7-20-16/h2-3,6-8,10,14-15H,4-5,9,11-13H2,1H3/t15-/m1/s1. The first-order chi connectivity index (χ1) is 12.3. The maximum absolute atomic E-state index is 4.50. The molecule has 3 aromatic rings. The number of likely N-dealkylation sites (tertiary alicyclic amines) is 1. The van der Waals surface area contributed by atoms with Crippen LogP contribution in [0.5, 0.6) is 0 Å². The lowest BCUT2D eigenvalue weighted by Gasteiger charge is -2.31. The Morgan fingerprint density at radius 1 is 1.16 bits per heavy atom. The highest BCUT2D eigenvalue weighted by Crippen LogP contribution is 2.26. The van der Waals surface area contributed by atoms with E-state index in [0.717, 1.165) is 43.4 Å². The zero-order valence-corrected chi connectivity index (χ0v) is 14.5. The fourth-order valence-corrected chi connectivity index (χ4v) is 3.54. The highest BCUT2D eigenvalue weighted by molar-refractivity contribution is 5.07. The molecule has 0 saturated carbocycles. The van der Waals surface area contributed by atoms with E-state index in [2.05, 4.69) is 48.8 Å². The largest absolute Gasteiger partial charge is 0.330 e. The van der Waals surface area contributed by atoms with Gasteiger partial charge < -0.3 is 9.13 Å². The van der Waals surface area contributed by atoms with Crippen molar-refractivity contribution in [2.45, 2.75) is 31.8 Å². The number of pyridine rings is 1. The minimum absolute atomic E-state index is 0.423. The van der Waals surface area contributed by atoms with Crippen molar-refractivity contribution in [3.63, 3.8) is 0 Å². The molecule has 7 heteroatoms. The lowest BCUT2D eigenvalue weighted by atomic mass is 9.97. The molecule has 0 N–H and O–H groups in total. The van der Waals surface area contributed by atoms with Crippen molar-refractivity contribution in [2.75, 3.05) is 13.1 Å². The van der Waals surface area contributed by atoms with E-state index in [1.54, 1.807) is 6.20 Å². The van der Waals surface area contributed by atoms with Gasteiger partial charge in [-0.1, -0.05) is 6.07 Å². The van der Waals surface area contributed by atoms with Crippen molar-refractivity contribution >= 4 is 0 Å². The summed E-state index contributed by atoms with van der Waals surface area (Å²) in [7, 11) is 2.07. The predicted molar refractivity (Wildman–Crippen MR) is 93.8 cm³/mol. The molecule has 1 fully saturated rings. The Bertz CT molecular complexity index is 794. The van der Waals surface area contributed by atoms with Crippen molar-refractivity contribution in [1.82, 2.24) is 34.2 Å². The number of aromatic nitrogens is 6. The Kier molecular flexibility index (Phi) is 4.56. The molecule has 130 valence electrons. The van der Waals surface area contributed by atoms with E-state index in [-0.39, 0.29) is 0 Å². The van der Waals surface area contributed by atoms with Gasteiger partial charge in [0.1, 0.15) is 5.82 Å². The number of rotatable bonds is 5. The molecule has 0 bridgehead atoms. The molecule has 0 unspecified atom stereocenters. The highest BCUT2D eigenvalue weighted by Gasteiger charge is 2.26. The normalized spacial score (nSPS) is 18.5. The number of hydrogen-bond acceptors (Lipinski definition) is 5. The van der Waals surface area contributed by atoms with Crippen molar-refractivity contribution in [1.29, 1.82) is 0 Å². The topological polar surface area (TPSA) is 64.7 Å². The third-order valence-electron chi connectivity index (χ3n) is 4.86.